The van der Waals surface area contributed by atoms with Crippen molar-refractivity contribution in [2.24, 2.45) is 0 Å². The standard InChI is InChI=1S/C27H34N6O4/c1-35-23-17-21-22(18-24(23)36-2)30-27(31-26(21)28-10-4-12-33-11-3-5-25(33)34)29-19-6-8-20(9-7-19)32-13-15-37-16-14-32/h6-9,17-18H,3-5,10-16H2,1-2H3,(H2,28,29,30,31). The van der Waals surface area contributed by atoms with Gasteiger partial charge in [0.25, 0.3) is 0 Å². The summed E-state index contributed by atoms with van der Waals surface area (Å²) in [5, 5.41) is 7.63. The molecule has 2 fully saturated rings. The molecule has 3 aromatic rings. The SMILES string of the molecule is COc1cc2nc(Nc3ccc(N4CCOCC4)cc3)nc(NCCCN3CCCC3=O)c2cc1OC. The fraction of sp³-hybridized carbons (Fsp3) is 0.444. The van der Waals surface area contributed by atoms with Crippen molar-refractivity contribution in [3.63, 3.8) is 0 Å². The van der Waals surface area contributed by atoms with Crippen molar-refractivity contribution < 1.29 is 19.0 Å². The lowest BCUT2D eigenvalue weighted by Gasteiger charge is -2.28. The van der Waals surface area contributed by atoms with Gasteiger partial charge in [-0.25, -0.2) is 4.98 Å². The molecule has 37 heavy (non-hydrogen) atoms. The summed E-state index contributed by atoms with van der Waals surface area (Å²) < 4.78 is 16.5. The number of benzene rings is 2. The number of ether oxygens (including phenoxy) is 3. The topological polar surface area (TPSA) is 101 Å². The van der Waals surface area contributed by atoms with Crippen molar-refractivity contribution in [2.45, 2.75) is 19.3 Å². The minimum Gasteiger partial charge on any atom is -0.493 e. The lowest BCUT2D eigenvalue weighted by Crippen LogP contribution is -2.36. The van der Waals surface area contributed by atoms with Crippen LogP contribution in [0.25, 0.3) is 10.9 Å². The molecule has 196 valence electrons. The molecule has 0 bridgehead atoms. The van der Waals surface area contributed by atoms with Crippen LogP contribution in [-0.2, 0) is 9.53 Å². The number of carbonyl (C=O) groups is 1. The van der Waals surface area contributed by atoms with Crippen LogP contribution in [0.2, 0.25) is 0 Å². The molecule has 1 aromatic heterocycles. The summed E-state index contributed by atoms with van der Waals surface area (Å²) in [7, 11) is 3.22. The summed E-state index contributed by atoms with van der Waals surface area (Å²) in [6.45, 7) is 5.57. The molecule has 0 aliphatic carbocycles. The Morgan fingerprint density at radius 3 is 2.46 bits per heavy atom. The Hall–Kier alpha value is -3.79. The number of fused-ring (bicyclic) bond motifs is 1. The van der Waals surface area contributed by atoms with Gasteiger partial charge in [0.1, 0.15) is 5.82 Å². The first-order chi connectivity index (χ1) is 18.1. The molecule has 0 radical (unpaired) electrons. The fourth-order valence-corrected chi connectivity index (χ4v) is 4.77. The third-order valence-electron chi connectivity index (χ3n) is 6.77. The van der Waals surface area contributed by atoms with Gasteiger partial charge in [-0.15, -0.1) is 0 Å². The molecule has 5 rings (SSSR count). The van der Waals surface area contributed by atoms with Gasteiger partial charge < -0.3 is 34.6 Å². The summed E-state index contributed by atoms with van der Waals surface area (Å²) in [5.41, 5.74) is 2.80. The van der Waals surface area contributed by atoms with Crippen LogP contribution in [0, 0.1) is 0 Å². The number of hydrogen-bond acceptors (Lipinski definition) is 9. The molecule has 0 saturated carbocycles. The number of aromatic nitrogens is 2. The van der Waals surface area contributed by atoms with E-state index in [9.17, 15) is 4.79 Å². The van der Waals surface area contributed by atoms with Gasteiger partial charge in [-0.1, -0.05) is 0 Å². The maximum Gasteiger partial charge on any atom is 0.229 e. The zero-order valence-electron chi connectivity index (χ0n) is 21.5. The molecule has 1 amide bonds. The molecule has 2 saturated heterocycles. The number of hydrogen-bond donors (Lipinski definition) is 2. The number of nitrogens with zero attached hydrogens (tertiary/aromatic N) is 4. The van der Waals surface area contributed by atoms with E-state index in [2.05, 4.69) is 27.7 Å². The Balaban J connectivity index is 1.35. The Bertz CT molecular complexity index is 1230. The molecular formula is C27H34N6O4. The number of likely N-dealkylation sites (tertiary alicyclic amines) is 1. The van der Waals surface area contributed by atoms with E-state index in [4.69, 9.17) is 24.2 Å². The van der Waals surface area contributed by atoms with Crippen molar-refractivity contribution in [3.05, 3.63) is 36.4 Å². The minimum atomic E-state index is 0.246. The lowest BCUT2D eigenvalue weighted by atomic mass is 10.2. The number of carbonyl (C=O) groups excluding carboxylic acids is 1. The fourth-order valence-electron chi connectivity index (χ4n) is 4.77. The van der Waals surface area contributed by atoms with Crippen LogP contribution in [0.15, 0.2) is 36.4 Å². The van der Waals surface area contributed by atoms with Crippen molar-refractivity contribution in [1.82, 2.24) is 14.9 Å². The van der Waals surface area contributed by atoms with E-state index in [1.165, 1.54) is 5.69 Å². The van der Waals surface area contributed by atoms with Crippen LogP contribution >= 0.6 is 0 Å². The van der Waals surface area contributed by atoms with E-state index >= 15 is 0 Å². The highest BCUT2D eigenvalue weighted by Gasteiger charge is 2.19. The van der Waals surface area contributed by atoms with E-state index in [-0.39, 0.29) is 5.91 Å². The van der Waals surface area contributed by atoms with Crippen molar-refractivity contribution >= 4 is 40.0 Å². The third-order valence-corrected chi connectivity index (χ3v) is 6.77. The highest BCUT2D eigenvalue weighted by molar-refractivity contribution is 5.93. The summed E-state index contributed by atoms with van der Waals surface area (Å²) >= 11 is 0. The molecule has 2 aliphatic rings. The quantitative estimate of drug-likeness (QED) is 0.399. The average Bonchev–Trinajstić information content (AvgIpc) is 3.35. The van der Waals surface area contributed by atoms with E-state index < -0.39 is 0 Å². The normalized spacial score (nSPS) is 15.8. The average molecular weight is 507 g/mol. The third kappa shape index (κ3) is 5.80. The molecule has 0 spiro atoms. The first-order valence-electron chi connectivity index (χ1n) is 12.8. The predicted octanol–water partition coefficient (Wildman–Crippen LogP) is 3.65. The van der Waals surface area contributed by atoms with Gasteiger partial charge in [0, 0.05) is 62.0 Å². The van der Waals surface area contributed by atoms with E-state index in [0.29, 0.717) is 36.2 Å². The number of morpholine rings is 1. The van der Waals surface area contributed by atoms with Gasteiger partial charge in [0.15, 0.2) is 11.5 Å². The van der Waals surface area contributed by atoms with Gasteiger partial charge in [-0.2, -0.15) is 4.98 Å². The minimum absolute atomic E-state index is 0.246. The number of rotatable bonds is 10. The summed E-state index contributed by atoms with van der Waals surface area (Å²) in [6.07, 6.45) is 2.44. The van der Waals surface area contributed by atoms with Gasteiger partial charge in [-0.05, 0) is 43.2 Å². The zero-order chi connectivity index (χ0) is 25.6. The van der Waals surface area contributed by atoms with Crippen molar-refractivity contribution in [3.8, 4) is 11.5 Å². The zero-order valence-corrected chi connectivity index (χ0v) is 21.5. The van der Waals surface area contributed by atoms with Crippen molar-refractivity contribution in [1.29, 1.82) is 0 Å². The van der Waals surface area contributed by atoms with Crippen LogP contribution in [0.1, 0.15) is 19.3 Å². The molecule has 2 aromatic carbocycles. The number of nitrogens with one attached hydrogen (secondary N) is 2. The summed E-state index contributed by atoms with van der Waals surface area (Å²) in [5.74, 6) is 2.65. The van der Waals surface area contributed by atoms with Gasteiger partial charge >= 0.3 is 0 Å². The van der Waals surface area contributed by atoms with Gasteiger partial charge in [0.05, 0.1) is 33.0 Å². The molecule has 10 nitrogen and oxygen atoms in total. The summed E-state index contributed by atoms with van der Waals surface area (Å²) in [6, 6.07) is 12.0. The molecule has 3 heterocycles. The second kappa shape index (κ2) is 11.5. The summed E-state index contributed by atoms with van der Waals surface area (Å²) in [4.78, 5) is 25.7. The molecule has 2 N–H and O–H groups in total. The number of methoxy groups -OCH3 is 2. The highest BCUT2D eigenvalue weighted by atomic mass is 16.5. The van der Waals surface area contributed by atoms with E-state index in [1.54, 1.807) is 14.2 Å². The molecule has 10 heteroatoms. The second-order valence-corrected chi connectivity index (χ2v) is 9.16. The van der Waals surface area contributed by atoms with Crippen LogP contribution in [0.3, 0.4) is 0 Å². The molecular weight excluding hydrogens is 472 g/mol. The largest absolute Gasteiger partial charge is 0.493 e. The number of amides is 1. The first kappa shape index (κ1) is 24.9. The molecule has 0 unspecified atom stereocenters. The van der Waals surface area contributed by atoms with Crippen LogP contribution in [0.4, 0.5) is 23.1 Å². The van der Waals surface area contributed by atoms with Gasteiger partial charge in [-0.3, -0.25) is 4.79 Å². The first-order valence-corrected chi connectivity index (χ1v) is 12.8. The van der Waals surface area contributed by atoms with Gasteiger partial charge in [0.2, 0.25) is 11.9 Å². The molecule has 2 aliphatic heterocycles. The Kier molecular flexibility index (Phi) is 7.74. The predicted molar refractivity (Wildman–Crippen MR) is 144 cm³/mol. The Labute approximate surface area is 216 Å². The van der Waals surface area contributed by atoms with E-state index in [0.717, 1.165) is 68.8 Å². The second-order valence-electron chi connectivity index (χ2n) is 9.16. The monoisotopic (exact) mass is 506 g/mol. The highest BCUT2D eigenvalue weighted by Crippen LogP contribution is 2.35. The van der Waals surface area contributed by atoms with Crippen LogP contribution in [0.5, 0.6) is 11.5 Å². The Morgan fingerprint density at radius 1 is 1.00 bits per heavy atom. The van der Waals surface area contributed by atoms with Crippen LogP contribution in [-0.4, -0.2) is 80.9 Å². The van der Waals surface area contributed by atoms with E-state index in [1.807, 2.05) is 29.2 Å². The Morgan fingerprint density at radius 2 is 1.76 bits per heavy atom. The maximum absolute atomic E-state index is 11.9. The maximum atomic E-state index is 11.9. The van der Waals surface area contributed by atoms with Crippen molar-refractivity contribution in [2.75, 3.05) is 75.7 Å². The number of anilines is 4. The van der Waals surface area contributed by atoms with Crippen LogP contribution < -0.4 is 25.0 Å². The smallest absolute Gasteiger partial charge is 0.229 e. The molecule has 0 atom stereocenters. The lowest BCUT2D eigenvalue weighted by molar-refractivity contribution is -0.127.